The normalized spacial score (nSPS) is 10.6. The van der Waals surface area contributed by atoms with Crippen LogP contribution >= 0.6 is 0 Å². The van der Waals surface area contributed by atoms with Crippen molar-refractivity contribution in [3.8, 4) is 0 Å². The van der Waals surface area contributed by atoms with E-state index in [-0.39, 0.29) is 0 Å². The molecule has 2 nitrogen and oxygen atoms in total. The van der Waals surface area contributed by atoms with Gasteiger partial charge in [0.25, 0.3) is 0 Å². The quantitative estimate of drug-likeness (QED) is 0.831. The Morgan fingerprint density at radius 1 is 1.06 bits per heavy atom. The first-order valence-electron chi connectivity index (χ1n) is 5.67. The summed E-state index contributed by atoms with van der Waals surface area (Å²) in [6.07, 6.45) is 4.35. The van der Waals surface area contributed by atoms with Crippen molar-refractivity contribution in [3.05, 3.63) is 59.4 Å². The van der Waals surface area contributed by atoms with Crippen LogP contribution in [-0.4, -0.2) is 4.57 Å². The highest BCUT2D eigenvalue weighted by Crippen LogP contribution is 2.10. The molecule has 84 valence electrons. The van der Waals surface area contributed by atoms with Gasteiger partial charge in [-0.05, 0) is 30.0 Å². The van der Waals surface area contributed by atoms with Crippen LogP contribution in [0.25, 0.3) is 0 Å². The lowest BCUT2D eigenvalue weighted by Gasteiger charge is -1.98. The third-order valence-corrected chi connectivity index (χ3v) is 2.92. The maximum Gasteiger partial charge on any atom is 0.0334 e. The van der Waals surface area contributed by atoms with Crippen molar-refractivity contribution in [2.24, 2.45) is 12.8 Å². The van der Waals surface area contributed by atoms with Crippen LogP contribution in [0.15, 0.2) is 42.6 Å². The van der Waals surface area contributed by atoms with Gasteiger partial charge in [0.1, 0.15) is 0 Å². The molecule has 0 aliphatic heterocycles. The summed E-state index contributed by atoms with van der Waals surface area (Å²) in [7, 11) is 2.05. The van der Waals surface area contributed by atoms with Gasteiger partial charge in [-0.3, -0.25) is 0 Å². The Hall–Kier alpha value is -1.54. The topological polar surface area (TPSA) is 30.9 Å². The molecule has 0 saturated carbocycles. The number of rotatable bonds is 4. The smallest absolute Gasteiger partial charge is 0.0334 e. The van der Waals surface area contributed by atoms with Gasteiger partial charge in [-0.2, -0.15) is 0 Å². The molecule has 2 rings (SSSR count). The van der Waals surface area contributed by atoms with Gasteiger partial charge in [0.2, 0.25) is 0 Å². The fourth-order valence-corrected chi connectivity index (χ4v) is 1.96. The molecule has 1 heterocycles. The second-order valence-corrected chi connectivity index (χ2v) is 4.14. The van der Waals surface area contributed by atoms with Crippen LogP contribution < -0.4 is 5.73 Å². The van der Waals surface area contributed by atoms with Gasteiger partial charge in [0.15, 0.2) is 0 Å². The summed E-state index contributed by atoms with van der Waals surface area (Å²) in [5.41, 5.74) is 9.60. The molecule has 0 unspecified atom stereocenters. The molecule has 2 aromatic rings. The standard InChI is InChI=1S/C14H18N2/c1-16-11-13(9-14(16)10-15)8-7-12-5-3-2-4-6-12/h2-6,9,11H,7-8,10,15H2,1H3. The molecular formula is C14H18N2. The van der Waals surface area contributed by atoms with Crippen molar-refractivity contribution in [2.75, 3.05) is 0 Å². The minimum absolute atomic E-state index is 0.613. The van der Waals surface area contributed by atoms with Gasteiger partial charge < -0.3 is 10.3 Å². The lowest BCUT2D eigenvalue weighted by atomic mass is 10.1. The van der Waals surface area contributed by atoms with Gasteiger partial charge >= 0.3 is 0 Å². The zero-order chi connectivity index (χ0) is 11.4. The Labute approximate surface area is 96.7 Å². The molecule has 16 heavy (non-hydrogen) atoms. The Kier molecular flexibility index (Phi) is 3.42. The summed E-state index contributed by atoms with van der Waals surface area (Å²) >= 11 is 0. The van der Waals surface area contributed by atoms with E-state index >= 15 is 0 Å². The number of nitrogens with zero attached hydrogens (tertiary/aromatic N) is 1. The van der Waals surface area contributed by atoms with Crippen molar-refractivity contribution >= 4 is 0 Å². The van der Waals surface area contributed by atoms with E-state index < -0.39 is 0 Å². The number of nitrogens with two attached hydrogens (primary N) is 1. The Morgan fingerprint density at radius 3 is 2.38 bits per heavy atom. The molecule has 0 aliphatic rings. The molecule has 0 aliphatic carbocycles. The van der Waals surface area contributed by atoms with Crippen molar-refractivity contribution < 1.29 is 0 Å². The summed E-state index contributed by atoms with van der Waals surface area (Å²) < 4.78 is 2.11. The van der Waals surface area contributed by atoms with Gasteiger partial charge in [-0.15, -0.1) is 0 Å². The van der Waals surface area contributed by atoms with Crippen molar-refractivity contribution in [3.63, 3.8) is 0 Å². The van der Waals surface area contributed by atoms with Crippen LogP contribution in [0.2, 0.25) is 0 Å². The van der Waals surface area contributed by atoms with Crippen LogP contribution in [-0.2, 0) is 26.4 Å². The van der Waals surface area contributed by atoms with E-state index in [1.807, 2.05) is 7.05 Å². The molecular weight excluding hydrogens is 196 g/mol. The zero-order valence-corrected chi connectivity index (χ0v) is 9.69. The van der Waals surface area contributed by atoms with E-state index in [0.29, 0.717) is 6.54 Å². The first-order chi connectivity index (χ1) is 7.79. The molecule has 0 spiro atoms. The average Bonchev–Trinajstić information content (AvgIpc) is 2.69. The third kappa shape index (κ3) is 2.52. The monoisotopic (exact) mass is 214 g/mol. The van der Waals surface area contributed by atoms with Gasteiger partial charge in [-0.25, -0.2) is 0 Å². The molecule has 0 amide bonds. The Morgan fingerprint density at radius 2 is 1.75 bits per heavy atom. The molecule has 1 aromatic carbocycles. The molecule has 0 radical (unpaired) electrons. The first-order valence-corrected chi connectivity index (χ1v) is 5.67. The summed E-state index contributed by atoms with van der Waals surface area (Å²) in [6, 6.07) is 12.8. The molecule has 0 atom stereocenters. The molecule has 0 saturated heterocycles. The zero-order valence-electron chi connectivity index (χ0n) is 9.69. The van der Waals surface area contributed by atoms with Crippen LogP contribution in [0.1, 0.15) is 16.8 Å². The van der Waals surface area contributed by atoms with Gasteiger partial charge in [-0.1, -0.05) is 30.3 Å². The summed E-state index contributed by atoms with van der Waals surface area (Å²) in [5, 5.41) is 0. The fraction of sp³-hybridized carbons (Fsp3) is 0.286. The first kappa shape index (κ1) is 11.0. The highest BCUT2D eigenvalue weighted by Gasteiger charge is 2.01. The minimum Gasteiger partial charge on any atom is -0.353 e. The minimum atomic E-state index is 0.613. The predicted octanol–water partition coefficient (Wildman–Crippen LogP) is 2.27. The number of hydrogen-bond acceptors (Lipinski definition) is 1. The Bertz CT molecular complexity index is 443. The highest BCUT2D eigenvalue weighted by molar-refractivity contribution is 5.21. The molecule has 2 heteroatoms. The van der Waals surface area contributed by atoms with E-state index in [1.165, 1.54) is 16.8 Å². The SMILES string of the molecule is Cn1cc(CCc2ccccc2)cc1CN. The summed E-state index contributed by atoms with van der Waals surface area (Å²) in [4.78, 5) is 0. The van der Waals surface area contributed by atoms with E-state index in [2.05, 4.69) is 47.2 Å². The van der Waals surface area contributed by atoms with E-state index in [4.69, 9.17) is 5.73 Å². The lowest BCUT2D eigenvalue weighted by Crippen LogP contribution is -2.01. The number of hydrogen-bond donors (Lipinski definition) is 1. The largest absolute Gasteiger partial charge is 0.353 e. The highest BCUT2D eigenvalue weighted by atomic mass is 14.9. The molecule has 0 fully saturated rings. The van der Waals surface area contributed by atoms with Crippen LogP contribution in [0, 0.1) is 0 Å². The summed E-state index contributed by atoms with van der Waals surface area (Å²) in [6.45, 7) is 0.613. The maximum absolute atomic E-state index is 5.65. The lowest BCUT2D eigenvalue weighted by molar-refractivity contribution is 0.821. The molecule has 2 N–H and O–H groups in total. The van der Waals surface area contributed by atoms with Gasteiger partial charge in [0, 0.05) is 25.5 Å². The molecule has 1 aromatic heterocycles. The number of aromatic nitrogens is 1. The van der Waals surface area contributed by atoms with E-state index in [1.54, 1.807) is 0 Å². The second-order valence-electron chi connectivity index (χ2n) is 4.14. The van der Waals surface area contributed by atoms with Crippen molar-refractivity contribution in [1.29, 1.82) is 0 Å². The fourth-order valence-electron chi connectivity index (χ4n) is 1.96. The van der Waals surface area contributed by atoms with Crippen molar-refractivity contribution in [1.82, 2.24) is 4.57 Å². The van der Waals surface area contributed by atoms with Crippen LogP contribution in [0.4, 0.5) is 0 Å². The van der Waals surface area contributed by atoms with Crippen LogP contribution in [0.5, 0.6) is 0 Å². The van der Waals surface area contributed by atoms with Crippen molar-refractivity contribution in [2.45, 2.75) is 19.4 Å². The van der Waals surface area contributed by atoms with Gasteiger partial charge in [0.05, 0.1) is 0 Å². The third-order valence-electron chi connectivity index (χ3n) is 2.92. The second kappa shape index (κ2) is 4.99. The molecule has 0 bridgehead atoms. The number of aryl methyl sites for hydroxylation is 3. The predicted molar refractivity (Wildman–Crippen MR) is 67.2 cm³/mol. The van der Waals surface area contributed by atoms with Crippen LogP contribution in [0.3, 0.4) is 0 Å². The maximum atomic E-state index is 5.65. The number of benzene rings is 1. The average molecular weight is 214 g/mol. The van der Waals surface area contributed by atoms with E-state index in [9.17, 15) is 0 Å². The Balaban J connectivity index is 2.00. The summed E-state index contributed by atoms with van der Waals surface area (Å²) in [5.74, 6) is 0. The van der Waals surface area contributed by atoms with E-state index in [0.717, 1.165) is 12.8 Å².